The van der Waals surface area contributed by atoms with Crippen LogP contribution in [-0.2, 0) is 9.59 Å². The van der Waals surface area contributed by atoms with Crippen LogP contribution in [0.15, 0.2) is 0 Å². The number of carbonyl (C=O) groups is 2. The van der Waals surface area contributed by atoms with Gasteiger partial charge in [-0.3, -0.25) is 9.59 Å². The Morgan fingerprint density at radius 3 is 2.56 bits per heavy atom. The average molecular weight is 230 g/mol. The third-order valence-corrected chi connectivity index (χ3v) is 2.71. The summed E-state index contributed by atoms with van der Waals surface area (Å²) in [5.74, 6) is -1.21. The zero-order valence-corrected chi connectivity index (χ0v) is 9.49. The maximum atomic E-state index is 11.6. The maximum Gasteiger partial charge on any atom is 0.310 e. The van der Waals surface area contributed by atoms with Crippen molar-refractivity contribution < 1.29 is 19.8 Å². The van der Waals surface area contributed by atoms with E-state index in [1.54, 1.807) is 13.8 Å². The van der Waals surface area contributed by atoms with E-state index < -0.39 is 23.5 Å². The van der Waals surface area contributed by atoms with E-state index in [0.717, 1.165) is 0 Å². The van der Waals surface area contributed by atoms with E-state index in [1.165, 1.54) is 0 Å². The van der Waals surface area contributed by atoms with E-state index in [1.807, 2.05) is 0 Å². The monoisotopic (exact) mass is 230 g/mol. The number of aliphatic carboxylic acids is 1. The largest absolute Gasteiger partial charge is 0.481 e. The molecule has 0 aromatic rings. The lowest BCUT2D eigenvalue weighted by molar-refractivity contribution is -0.146. The van der Waals surface area contributed by atoms with E-state index in [-0.39, 0.29) is 12.5 Å². The van der Waals surface area contributed by atoms with Gasteiger partial charge in [-0.1, -0.05) is 0 Å². The van der Waals surface area contributed by atoms with Crippen LogP contribution in [0.2, 0.25) is 0 Å². The highest BCUT2D eigenvalue weighted by Crippen LogP contribution is 2.13. The van der Waals surface area contributed by atoms with Gasteiger partial charge in [-0.15, -0.1) is 0 Å². The van der Waals surface area contributed by atoms with E-state index in [2.05, 4.69) is 10.6 Å². The number of carboxylic acid groups (broad SMARTS) is 1. The Morgan fingerprint density at radius 2 is 2.12 bits per heavy atom. The third kappa shape index (κ3) is 3.18. The van der Waals surface area contributed by atoms with Crippen molar-refractivity contribution in [3.8, 4) is 0 Å². The maximum absolute atomic E-state index is 11.6. The summed E-state index contributed by atoms with van der Waals surface area (Å²) in [6.07, 6.45) is -0.123. The van der Waals surface area contributed by atoms with Crippen molar-refractivity contribution in [2.75, 3.05) is 13.1 Å². The van der Waals surface area contributed by atoms with Crippen molar-refractivity contribution in [3.63, 3.8) is 0 Å². The van der Waals surface area contributed by atoms with E-state index in [4.69, 9.17) is 5.11 Å². The van der Waals surface area contributed by atoms with Crippen LogP contribution in [0.1, 0.15) is 20.3 Å². The first kappa shape index (κ1) is 12.9. The summed E-state index contributed by atoms with van der Waals surface area (Å²) in [6, 6.07) is -0.417. The van der Waals surface area contributed by atoms with Gasteiger partial charge in [0, 0.05) is 13.1 Å². The molecule has 6 heteroatoms. The SMILES string of the molecule is CC(C)(CNC(=O)C1CC(O)CN1)C(=O)O. The third-order valence-electron chi connectivity index (χ3n) is 2.71. The van der Waals surface area contributed by atoms with Gasteiger partial charge in [-0.2, -0.15) is 0 Å². The molecule has 0 bridgehead atoms. The number of rotatable bonds is 4. The fourth-order valence-corrected chi connectivity index (χ4v) is 1.42. The molecule has 1 aliphatic heterocycles. The lowest BCUT2D eigenvalue weighted by atomic mass is 9.94. The molecule has 6 nitrogen and oxygen atoms in total. The van der Waals surface area contributed by atoms with Gasteiger partial charge in [-0.25, -0.2) is 0 Å². The number of amides is 1. The van der Waals surface area contributed by atoms with Crippen molar-refractivity contribution in [1.82, 2.24) is 10.6 Å². The fraction of sp³-hybridized carbons (Fsp3) is 0.800. The zero-order valence-electron chi connectivity index (χ0n) is 9.49. The molecule has 16 heavy (non-hydrogen) atoms. The Morgan fingerprint density at radius 1 is 1.50 bits per heavy atom. The predicted octanol–water partition coefficient (Wildman–Crippen LogP) is -1.06. The van der Waals surface area contributed by atoms with E-state index >= 15 is 0 Å². The first-order valence-corrected chi connectivity index (χ1v) is 5.25. The van der Waals surface area contributed by atoms with Gasteiger partial charge in [0.2, 0.25) is 5.91 Å². The van der Waals surface area contributed by atoms with Gasteiger partial charge in [0.15, 0.2) is 0 Å². The van der Waals surface area contributed by atoms with E-state index in [0.29, 0.717) is 13.0 Å². The Balaban J connectivity index is 2.38. The molecule has 92 valence electrons. The second-order valence-electron chi connectivity index (χ2n) is 4.76. The summed E-state index contributed by atoms with van der Waals surface area (Å²) in [5.41, 5.74) is -0.979. The highest BCUT2D eigenvalue weighted by atomic mass is 16.4. The summed E-state index contributed by atoms with van der Waals surface area (Å²) < 4.78 is 0. The topological polar surface area (TPSA) is 98.7 Å². The highest BCUT2D eigenvalue weighted by molar-refractivity contribution is 5.83. The Labute approximate surface area is 94.0 Å². The number of aliphatic hydroxyl groups excluding tert-OH is 1. The Bertz CT molecular complexity index is 291. The second kappa shape index (κ2) is 4.80. The molecule has 1 aliphatic rings. The first-order valence-electron chi connectivity index (χ1n) is 5.25. The molecule has 0 aromatic carbocycles. The van der Waals surface area contributed by atoms with Crippen LogP contribution in [0.4, 0.5) is 0 Å². The summed E-state index contributed by atoms with van der Waals surface area (Å²) in [7, 11) is 0. The number of carbonyl (C=O) groups excluding carboxylic acids is 1. The van der Waals surface area contributed by atoms with Crippen LogP contribution in [0, 0.1) is 5.41 Å². The van der Waals surface area contributed by atoms with Crippen molar-refractivity contribution in [2.45, 2.75) is 32.4 Å². The molecule has 2 unspecified atom stereocenters. The number of hydrogen-bond acceptors (Lipinski definition) is 4. The van der Waals surface area contributed by atoms with Crippen molar-refractivity contribution >= 4 is 11.9 Å². The number of carboxylic acids is 1. The summed E-state index contributed by atoms with van der Waals surface area (Å²) in [5, 5.41) is 23.5. The highest BCUT2D eigenvalue weighted by Gasteiger charge is 2.31. The number of hydrogen-bond donors (Lipinski definition) is 4. The van der Waals surface area contributed by atoms with Gasteiger partial charge in [-0.05, 0) is 20.3 Å². The fourth-order valence-electron chi connectivity index (χ4n) is 1.42. The van der Waals surface area contributed by atoms with Gasteiger partial charge in [0.05, 0.1) is 17.6 Å². The van der Waals surface area contributed by atoms with Crippen molar-refractivity contribution in [2.24, 2.45) is 5.41 Å². The lowest BCUT2D eigenvalue weighted by Crippen LogP contribution is -2.45. The van der Waals surface area contributed by atoms with Crippen LogP contribution in [0.5, 0.6) is 0 Å². The molecule has 2 atom stereocenters. The quantitative estimate of drug-likeness (QED) is 0.493. The standard InChI is InChI=1S/C10H18N2O4/c1-10(2,9(15)16)5-12-8(14)7-3-6(13)4-11-7/h6-7,11,13H,3-5H2,1-2H3,(H,12,14)(H,15,16). The molecule has 0 aliphatic carbocycles. The molecule has 1 heterocycles. The molecule has 0 aromatic heterocycles. The van der Waals surface area contributed by atoms with Gasteiger partial charge < -0.3 is 20.8 Å². The minimum atomic E-state index is -0.979. The predicted molar refractivity (Wildman–Crippen MR) is 56.8 cm³/mol. The molecule has 0 spiro atoms. The van der Waals surface area contributed by atoms with Gasteiger partial charge >= 0.3 is 5.97 Å². The number of aliphatic hydroxyl groups is 1. The first-order chi connectivity index (χ1) is 7.33. The molecule has 1 rings (SSSR count). The number of nitrogens with one attached hydrogen (secondary N) is 2. The van der Waals surface area contributed by atoms with Crippen LogP contribution >= 0.6 is 0 Å². The lowest BCUT2D eigenvalue weighted by Gasteiger charge is -2.20. The molecule has 0 saturated carbocycles. The molecular formula is C10H18N2O4. The summed E-state index contributed by atoms with van der Waals surface area (Å²) >= 11 is 0. The Hall–Kier alpha value is -1.14. The second-order valence-corrected chi connectivity index (χ2v) is 4.76. The minimum absolute atomic E-state index is 0.0788. The zero-order chi connectivity index (χ0) is 12.3. The van der Waals surface area contributed by atoms with Crippen LogP contribution in [0.3, 0.4) is 0 Å². The van der Waals surface area contributed by atoms with Crippen LogP contribution < -0.4 is 10.6 Å². The summed E-state index contributed by atoms with van der Waals surface area (Å²) in [4.78, 5) is 22.4. The molecule has 4 N–H and O–H groups in total. The average Bonchev–Trinajstić information content (AvgIpc) is 2.61. The van der Waals surface area contributed by atoms with Crippen molar-refractivity contribution in [1.29, 1.82) is 0 Å². The van der Waals surface area contributed by atoms with Crippen LogP contribution in [0.25, 0.3) is 0 Å². The normalized spacial score (nSPS) is 25.4. The van der Waals surface area contributed by atoms with Gasteiger partial charge in [0.1, 0.15) is 0 Å². The van der Waals surface area contributed by atoms with E-state index in [9.17, 15) is 14.7 Å². The van der Waals surface area contributed by atoms with Crippen LogP contribution in [-0.4, -0.2) is 47.3 Å². The molecule has 1 saturated heterocycles. The number of β-amino-alcohol motifs (C(OH)–C–C–N with tert-alkyl or cyclic N) is 1. The molecule has 0 radical (unpaired) electrons. The molecule has 1 amide bonds. The summed E-state index contributed by atoms with van der Waals surface area (Å²) in [6.45, 7) is 3.58. The molecular weight excluding hydrogens is 212 g/mol. The van der Waals surface area contributed by atoms with Crippen molar-refractivity contribution in [3.05, 3.63) is 0 Å². The Kier molecular flexibility index (Phi) is 3.88. The van der Waals surface area contributed by atoms with Gasteiger partial charge in [0.25, 0.3) is 0 Å². The molecule has 1 fully saturated rings. The minimum Gasteiger partial charge on any atom is -0.481 e. The smallest absolute Gasteiger partial charge is 0.310 e.